The number of benzene rings is 2. The Bertz CT molecular complexity index is 746. The van der Waals surface area contributed by atoms with Crippen molar-refractivity contribution in [1.29, 1.82) is 0 Å². The minimum Gasteiger partial charge on any atom is -0.545 e. The van der Waals surface area contributed by atoms with Crippen LogP contribution in [-0.2, 0) is 0 Å². The highest BCUT2D eigenvalue weighted by Crippen LogP contribution is 2.26. The van der Waals surface area contributed by atoms with Crippen LogP contribution in [0, 0.1) is 0 Å². The minimum atomic E-state index is -1.38. The van der Waals surface area contributed by atoms with Crippen LogP contribution in [0.4, 0.5) is 5.69 Å². The summed E-state index contributed by atoms with van der Waals surface area (Å²) in [7, 11) is 1.45. The maximum absolute atomic E-state index is 12.4. The highest BCUT2D eigenvalue weighted by Gasteiger charge is 2.15. The number of anilines is 1. The summed E-state index contributed by atoms with van der Waals surface area (Å²) in [6.45, 7) is 0. The molecule has 7 heteroatoms. The van der Waals surface area contributed by atoms with E-state index in [4.69, 9.17) is 4.74 Å². The maximum atomic E-state index is 12.4. The normalized spacial score (nSPS) is 10.1. The number of amides is 1. The molecule has 0 spiro atoms. The van der Waals surface area contributed by atoms with Crippen molar-refractivity contribution in [3.05, 3.63) is 56.5 Å². The van der Waals surface area contributed by atoms with E-state index in [1.54, 1.807) is 24.3 Å². The number of hydrogen-bond acceptors (Lipinski definition) is 4. The molecule has 0 saturated carbocycles. The Morgan fingerprint density at radius 3 is 2.23 bits per heavy atom. The second-order valence-electron chi connectivity index (χ2n) is 4.28. The number of aromatic carboxylic acids is 1. The molecule has 22 heavy (non-hydrogen) atoms. The van der Waals surface area contributed by atoms with Crippen LogP contribution < -0.4 is 15.2 Å². The molecule has 0 aliphatic carbocycles. The molecule has 0 radical (unpaired) electrons. The molecule has 2 aromatic rings. The summed E-state index contributed by atoms with van der Waals surface area (Å²) < 4.78 is 6.42. The summed E-state index contributed by atoms with van der Waals surface area (Å²) in [5.74, 6) is -1.48. The first-order chi connectivity index (χ1) is 10.4. The van der Waals surface area contributed by atoms with Crippen LogP contribution in [0.15, 0.2) is 45.3 Å². The van der Waals surface area contributed by atoms with Crippen molar-refractivity contribution < 1.29 is 19.4 Å². The van der Waals surface area contributed by atoms with Crippen molar-refractivity contribution in [1.82, 2.24) is 0 Å². The van der Waals surface area contributed by atoms with Gasteiger partial charge in [-0.2, -0.15) is 0 Å². The van der Waals surface area contributed by atoms with Gasteiger partial charge < -0.3 is 20.0 Å². The fourth-order valence-corrected chi connectivity index (χ4v) is 2.56. The molecule has 0 atom stereocenters. The predicted octanol–water partition coefficient (Wildman–Crippen LogP) is 2.84. The molecule has 0 fully saturated rings. The lowest BCUT2D eigenvalue weighted by Crippen LogP contribution is -2.25. The van der Waals surface area contributed by atoms with E-state index >= 15 is 0 Å². The third-order valence-electron chi connectivity index (χ3n) is 2.86. The summed E-state index contributed by atoms with van der Waals surface area (Å²) >= 11 is 6.46. The second-order valence-corrected chi connectivity index (χ2v) is 6.11. The Balaban J connectivity index is 2.38. The van der Waals surface area contributed by atoms with E-state index in [0.29, 0.717) is 14.7 Å². The number of carboxylic acid groups (broad SMARTS) is 1. The van der Waals surface area contributed by atoms with E-state index in [1.807, 2.05) is 0 Å². The van der Waals surface area contributed by atoms with Crippen molar-refractivity contribution in [2.24, 2.45) is 0 Å². The third kappa shape index (κ3) is 3.66. The lowest BCUT2D eigenvalue weighted by molar-refractivity contribution is -0.254. The average Bonchev–Trinajstić information content (AvgIpc) is 2.48. The summed E-state index contributed by atoms with van der Waals surface area (Å²) in [4.78, 5) is 23.5. The monoisotopic (exact) mass is 426 g/mol. The van der Waals surface area contributed by atoms with Gasteiger partial charge in [-0.05, 0) is 36.4 Å². The number of rotatable bonds is 4. The Labute approximate surface area is 143 Å². The molecule has 114 valence electrons. The standard InChI is InChI=1S/C15H11Br2NO4/c1-22-13-5-3-9(17)7-11(13)14(19)18-12-4-2-8(16)6-10(12)15(20)21/h2-7H,1H3,(H,18,19)(H,20,21)/p-1. The number of carbonyl (C=O) groups is 2. The molecule has 0 unspecified atom stereocenters. The van der Waals surface area contributed by atoms with Crippen molar-refractivity contribution in [3.63, 3.8) is 0 Å². The van der Waals surface area contributed by atoms with Gasteiger partial charge in [-0.1, -0.05) is 31.9 Å². The molecular weight excluding hydrogens is 418 g/mol. The highest BCUT2D eigenvalue weighted by atomic mass is 79.9. The number of methoxy groups -OCH3 is 1. The van der Waals surface area contributed by atoms with E-state index in [0.717, 1.165) is 0 Å². The molecule has 0 aliphatic rings. The molecule has 1 amide bonds. The first-order valence-electron chi connectivity index (χ1n) is 6.08. The molecule has 0 aliphatic heterocycles. The van der Waals surface area contributed by atoms with Crippen molar-refractivity contribution >= 4 is 49.4 Å². The van der Waals surface area contributed by atoms with Crippen molar-refractivity contribution in [2.45, 2.75) is 0 Å². The van der Waals surface area contributed by atoms with Crippen LogP contribution in [0.25, 0.3) is 0 Å². The van der Waals surface area contributed by atoms with Gasteiger partial charge in [0.25, 0.3) is 5.91 Å². The van der Waals surface area contributed by atoms with E-state index in [2.05, 4.69) is 37.2 Å². The molecule has 0 bridgehead atoms. The number of ether oxygens (including phenoxy) is 1. The van der Waals surface area contributed by atoms with Gasteiger partial charge in [0, 0.05) is 14.5 Å². The Morgan fingerprint density at radius 1 is 1.05 bits per heavy atom. The Hall–Kier alpha value is -1.86. The van der Waals surface area contributed by atoms with Gasteiger partial charge in [-0.3, -0.25) is 4.79 Å². The number of halogens is 2. The molecular formula is C15H10Br2NO4-. The number of carbonyl (C=O) groups excluding carboxylic acids is 2. The SMILES string of the molecule is COc1ccc(Br)cc1C(=O)Nc1ccc(Br)cc1C(=O)[O-]. The van der Waals surface area contributed by atoms with Crippen molar-refractivity contribution in [3.8, 4) is 5.75 Å². The molecule has 2 rings (SSSR count). The lowest BCUT2D eigenvalue weighted by atomic mass is 10.1. The zero-order chi connectivity index (χ0) is 16.3. The number of nitrogens with one attached hydrogen (secondary N) is 1. The maximum Gasteiger partial charge on any atom is 0.259 e. The Morgan fingerprint density at radius 2 is 1.64 bits per heavy atom. The summed E-state index contributed by atoms with van der Waals surface area (Å²) in [6, 6.07) is 9.44. The van der Waals surface area contributed by atoms with Gasteiger partial charge in [-0.25, -0.2) is 0 Å². The van der Waals surface area contributed by atoms with E-state index in [1.165, 1.54) is 19.2 Å². The molecule has 5 nitrogen and oxygen atoms in total. The van der Waals surface area contributed by atoms with Crippen LogP contribution in [0.3, 0.4) is 0 Å². The van der Waals surface area contributed by atoms with E-state index in [-0.39, 0.29) is 16.8 Å². The summed E-state index contributed by atoms with van der Waals surface area (Å²) in [6.07, 6.45) is 0. The number of carboxylic acids is 1. The van der Waals surface area contributed by atoms with E-state index < -0.39 is 11.9 Å². The second kappa shape index (κ2) is 6.93. The van der Waals surface area contributed by atoms with Crippen LogP contribution in [0.2, 0.25) is 0 Å². The summed E-state index contributed by atoms with van der Waals surface area (Å²) in [5, 5.41) is 13.7. The summed E-state index contributed by atoms with van der Waals surface area (Å²) in [5.41, 5.74) is 0.316. The third-order valence-corrected chi connectivity index (χ3v) is 3.84. The van der Waals surface area contributed by atoms with Crippen molar-refractivity contribution in [2.75, 3.05) is 12.4 Å². The molecule has 0 heterocycles. The van der Waals surface area contributed by atoms with Gasteiger partial charge in [0.15, 0.2) is 0 Å². The fourth-order valence-electron chi connectivity index (χ4n) is 1.84. The van der Waals surface area contributed by atoms with Gasteiger partial charge in [-0.15, -0.1) is 0 Å². The van der Waals surface area contributed by atoms with E-state index in [9.17, 15) is 14.7 Å². The van der Waals surface area contributed by atoms with Crippen LogP contribution in [0.1, 0.15) is 20.7 Å². The predicted molar refractivity (Wildman–Crippen MR) is 87.1 cm³/mol. The van der Waals surface area contributed by atoms with Gasteiger partial charge in [0.05, 0.1) is 24.3 Å². The van der Waals surface area contributed by atoms with Crippen LogP contribution >= 0.6 is 31.9 Å². The quantitative estimate of drug-likeness (QED) is 0.813. The zero-order valence-corrected chi connectivity index (χ0v) is 14.5. The highest BCUT2D eigenvalue weighted by molar-refractivity contribution is 9.10. The van der Waals surface area contributed by atoms with Gasteiger partial charge in [0.2, 0.25) is 0 Å². The molecule has 2 aromatic carbocycles. The smallest absolute Gasteiger partial charge is 0.259 e. The van der Waals surface area contributed by atoms with Gasteiger partial charge in [0.1, 0.15) is 5.75 Å². The molecule has 0 saturated heterocycles. The number of hydrogen-bond donors (Lipinski definition) is 1. The largest absolute Gasteiger partial charge is 0.545 e. The first kappa shape index (κ1) is 16.5. The van der Waals surface area contributed by atoms with Crippen LogP contribution in [-0.4, -0.2) is 19.0 Å². The fraction of sp³-hybridized carbons (Fsp3) is 0.0667. The lowest BCUT2D eigenvalue weighted by Gasteiger charge is -2.14. The average molecular weight is 428 g/mol. The first-order valence-corrected chi connectivity index (χ1v) is 7.66. The zero-order valence-electron chi connectivity index (χ0n) is 11.4. The topological polar surface area (TPSA) is 78.5 Å². The van der Waals surface area contributed by atoms with Gasteiger partial charge >= 0.3 is 0 Å². The molecule has 0 aromatic heterocycles. The minimum absolute atomic E-state index is 0.114. The Kier molecular flexibility index (Phi) is 5.20. The van der Waals surface area contributed by atoms with Crippen LogP contribution in [0.5, 0.6) is 5.75 Å². The molecule has 1 N–H and O–H groups in total.